The number of pyridine rings is 1. The SMILES string of the molecule is BrCC1CCN(Cc2ccncc2)C1. The van der Waals surface area contributed by atoms with E-state index >= 15 is 0 Å². The lowest BCUT2D eigenvalue weighted by Crippen LogP contribution is -2.20. The lowest BCUT2D eigenvalue weighted by atomic mass is 10.2. The van der Waals surface area contributed by atoms with Gasteiger partial charge in [0.25, 0.3) is 0 Å². The Morgan fingerprint density at radius 1 is 1.43 bits per heavy atom. The number of aromatic nitrogens is 1. The van der Waals surface area contributed by atoms with Crippen molar-refractivity contribution in [2.24, 2.45) is 5.92 Å². The highest BCUT2D eigenvalue weighted by molar-refractivity contribution is 9.09. The first-order chi connectivity index (χ1) is 6.88. The van der Waals surface area contributed by atoms with E-state index < -0.39 is 0 Å². The van der Waals surface area contributed by atoms with E-state index in [0.717, 1.165) is 17.8 Å². The molecule has 1 unspecified atom stereocenters. The summed E-state index contributed by atoms with van der Waals surface area (Å²) in [7, 11) is 0. The maximum Gasteiger partial charge on any atom is 0.0271 e. The quantitative estimate of drug-likeness (QED) is 0.770. The molecule has 2 heterocycles. The third kappa shape index (κ3) is 2.55. The smallest absolute Gasteiger partial charge is 0.0271 e. The largest absolute Gasteiger partial charge is 0.299 e. The van der Waals surface area contributed by atoms with Gasteiger partial charge < -0.3 is 0 Å². The Morgan fingerprint density at radius 2 is 2.21 bits per heavy atom. The maximum absolute atomic E-state index is 4.03. The standard InChI is InChI=1S/C11H15BrN2/c12-7-11-3-6-14(9-11)8-10-1-4-13-5-2-10/h1-2,4-5,11H,3,6-9H2. The van der Waals surface area contributed by atoms with Gasteiger partial charge in [0.2, 0.25) is 0 Å². The van der Waals surface area contributed by atoms with Gasteiger partial charge >= 0.3 is 0 Å². The molecule has 1 saturated heterocycles. The number of alkyl halides is 1. The van der Waals surface area contributed by atoms with Crippen LogP contribution in [0.4, 0.5) is 0 Å². The molecule has 2 nitrogen and oxygen atoms in total. The van der Waals surface area contributed by atoms with Crippen LogP contribution in [0, 0.1) is 5.92 Å². The van der Waals surface area contributed by atoms with Crippen molar-refractivity contribution in [3.05, 3.63) is 30.1 Å². The molecule has 2 rings (SSSR count). The van der Waals surface area contributed by atoms with E-state index in [-0.39, 0.29) is 0 Å². The summed E-state index contributed by atoms with van der Waals surface area (Å²) in [5.74, 6) is 0.844. The van der Waals surface area contributed by atoms with Crippen LogP contribution < -0.4 is 0 Å². The summed E-state index contributed by atoms with van der Waals surface area (Å²) in [5.41, 5.74) is 1.37. The Balaban J connectivity index is 1.88. The monoisotopic (exact) mass is 254 g/mol. The van der Waals surface area contributed by atoms with Crippen molar-refractivity contribution >= 4 is 15.9 Å². The number of hydrogen-bond acceptors (Lipinski definition) is 2. The van der Waals surface area contributed by atoms with E-state index in [4.69, 9.17) is 0 Å². The van der Waals surface area contributed by atoms with Gasteiger partial charge in [0.1, 0.15) is 0 Å². The lowest BCUT2D eigenvalue weighted by Gasteiger charge is -2.15. The van der Waals surface area contributed by atoms with Gasteiger partial charge in [-0.2, -0.15) is 0 Å². The number of hydrogen-bond donors (Lipinski definition) is 0. The van der Waals surface area contributed by atoms with Crippen LogP contribution in [0.1, 0.15) is 12.0 Å². The second-order valence-electron chi connectivity index (χ2n) is 3.90. The minimum Gasteiger partial charge on any atom is -0.299 e. The molecule has 0 radical (unpaired) electrons. The second-order valence-corrected chi connectivity index (χ2v) is 4.55. The van der Waals surface area contributed by atoms with Crippen molar-refractivity contribution < 1.29 is 0 Å². The molecule has 0 spiro atoms. The van der Waals surface area contributed by atoms with E-state index in [0.29, 0.717) is 0 Å². The molecular weight excluding hydrogens is 240 g/mol. The van der Waals surface area contributed by atoms with E-state index in [1.165, 1.54) is 25.1 Å². The molecule has 1 fully saturated rings. The summed E-state index contributed by atoms with van der Waals surface area (Å²) in [6, 6.07) is 4.20. The molecule has 1 aromatic heterocycles. The van der Waals surface area contributed by atoms with Crippen molar-refractivity contribution in [1.29, 1.82) is 0 Å². The predicted molar refractivity (Wildman–Crippen MR) is 61.4 cm³/mol. The van der Waals surface area contributed by atoms with Gasteiger partial charge in [-0.05, 0) is 36.6 Å². The van der Waals surface area contributed by atoms with E-state index in [9.17, 15) is 0 Å². The van der Waals surface area contributed by atoms with Crippen LogP contribution in [0.2, 0.25) is 0 Å². The molecule has 0 saturated carbocycles. The van der Waals surface area contributed by atoms with Gasteiger partial charge in [0.05, 0.1) is 0 Å². The Bertz CT molecular complexity index is 276. The van der Waals surface area contributed by atoms with Crippen molar-refractivity contribution in [3.63, 3.8) is 0 Å². The zero-order chi connectivity index (χ0) is 9.80. The van der Waals surface area contributed by atoms with Crippen molar-refractivity contribution in [2.75, 3.05) is 18.4 Å². The fraction of sp³-hybridized carbons (Fsp3) is 0.545. The van der Waals surface area contributed by atoms with Crippen molar-refractivity contribution in [3.8, 4) is 0 Å². The first kappa shape index (κ1) is 10.1. The molecule has 0 N–H and O–H groups in total. The molecule has 76 valence electrons. The van der Waals surface area contributed by atoms with Crippen molar-refractivity contribution in [1.82, 2.24) is 9.88 Å². The predicted octanol–water partition coefficient (Wildman–Crippen LogP) is 2.30. The first-order valence-corrected chi connectivity index (χ1v) is 6.18. The maximum atomic E-state index is 4.03. The van der Waals surface area contributed by atoms with Crippen LogP contribution in [-0.4, -0.2) is 28.3 Å². The third-order valence-electron chi connectivity index (χ3n) is 2.74. The van der Waals surface area contributed by atoms with Gasteiger partial charge in [-0.3, -0.25) is 9.88 Å². The zero-order valence-electron chi connectivity index (χ0n) is 8.19. The van der Waals surface area contributed by atoms with E-state index in [1.807, 2.05) is 12.4 Å². The Kier molecular flexibility index (Phi) is 3.54. The van der Waals surface area contributed by atoms with Crippen LogP contribution in [-0.2, 0) is 6.54 Å². The molecule has 1 aliphatic rings. The Morgan fingerprint density at radius 3 is 2.86 bits per heavy atom. The van der Waals surface area contributed by atoms with Crippen LogP contribution in [0.25, 0.3) is 0 Å². The normalized spacial score (nSPS) is 22.8. The topological polar surface area (TPSA) is 16.1 Å². The van der Waals surface area contributed by atoms with Crippen LogP contribution in [0.15, 0.2) is 24.5 Å². The average molecular weight is 255 g/mol. The van der Waals surface area contributed by atoms with Crippen molar-refractivity contribution in [2.45, 2.75) is 13.0 Å². The Labute approximate surface area is 93.5 Å². The average Bonchev–Trinajstić information content (AvgIpc) is 2.67. The number of rotatable bonds is 3. The summed E-state index contributed by atoms with van der Waals surface area (Å²) >= 11 is 3.55. The molecule has 1 atom stereocenters. The Hall–Kier alpha value is -0.410. The van der Waals surface area contributed by atoms with Crippen LogP contribution in [0.3, 0.4) is 0 Å². The highest BCUT2D eigenvalue weighted by Gasteiger charge is 2.20. The highest BCUT2D eigenvalue weighted by atomic mass is 79.9. The van der Waals surface area contributed by atoms with Crippen LogP contribution >= 0.6 is 15.9 Å². The van der Waals surface area contributed by atoms with Gasteiger partial charge in [-0.15, -0.1) is 0 Å². The molecule has 0 bridgehead atoms. The van der Waals surface area contributed by atoms with E-state index in [1.54, 1.807) is 0 Å². The zero-order valence-corrected chi connectivity index (χ0v) is 9.78. The highest BCUT2D eigenvalue weighted by Crippen LogP contribution is 2.19. The lowest BCUT2D eigenvalue weighted by molar-refractivity contribution is 0.321. The fourth-order valence-electron chi connectivity index (χ4n) is 1.93. The van der Waals surface area contributed by atoms with Gasteiger partial charge in [-0.1, -0.05) is 15.9 Å². The summed E-state index contributed by atoms with van der Waals surface area (Å²) in [4.78, 5) is 6.54. The molecule has 3 heteroatoms. The number of nitrogens with zero attached hydrogens (tertiary/aromatic N) is 2. The summed E-state index contributed by atoms with van der Waals surface area (Å²) < 4.78 is 0. The van der Waals surface area contributed by atoms with Gasteiger partial charge in [0.15, 0.2) is 0 Å². The van der Waals surface area contributed by atoms with Crippen LogP contribution in [0.5, 0.6) is 0 Å². The molecule has 1 aliphatic heterocycles. The number of likely N-dealkylation sites (tertiary alicyclic amines) is 1. The molecule has 0 amide bonds. The number of halogens is 1. The molecular formula is C11H15BrN2. The van der Waals surface area contributed by atoms with E-state index in [2.05, 4.69) is 37.9 Å². The summed E-state index contributed by atoms with van der Waals surface area (Å²) in [5, 5.41) is 1.14. The minimum atomic E-state index is 0.844. The molecule has 0 aliphatic carbocycles. The molecule has 0 aromatic carbocycles. The van der Waals surface area contributed by atoms with Gasteiger partial charge in [0, 0.05) is 30.8 Å². The van der Waals surface area contributed by atoms with Gasteiger partial charge in [-0.25, -0.2) is 0 Å². The minimum absolute atomic E-state index is 0.844. The summed E-state index contributed by atoms with van der Waals surface area (Å²) in [6.07, 6.45) is 5.07. The molecule has 1 aromatic rings. The third-order valence-corrected chi connectivity index (χ3v) is 3.66. The molecule has 14 heavy (non-hydrogen) atoms. The fourth-order valence-corrected chi connectivity index (χ4v) is 2.46. The summed E-state index contributed by atoms with van der Waals surface area (Å²) in [6.45, 7) is 3.54. The second kappa shape index (κ2) is 4.89. The first-order valence-electron chi connectivity index (χ1n) is 5.05.